The molecular formula is C7H13ClO. The molecule has 0 fully saturated rings. The quantitative estimate of drug-likeness (QED) is 0.429. The molecule has 0 aromatic rings. The fourth-order valence-electron chi connectivity index (χ4n) is 0.452. The van der Waals surface area contributed by atoms with Crippen LogP contribution < -0.4 is 0 Å². The summed E-state index contributed by atoms with van der Waals surface area (Å²) in [4.78, 5) is 0. The van der Waals surface area contributed by atoms with Gasteiger partial charge in [-0.2, -0.15) is 0 Å². The van der Waals surface area contributed by atoms with Crippen molar-refractivity contribution >= 4 is 11.6 Å². The molecule has 54 valence electrons. The van der Waals surface area contributed by atoms with Gasteiger partial charge >= 0.3 is 0 Å². The summed E-state index contributed by atoms with van der Waals surface area (Å²) < 4.78 is 5.09. The standard InChI is InChI=1S/C7H13ClO/c1-3-9-6-7(2)4-5-8/h2-6H2,1H3. The first-order chi connectivity index (χ1) is 4.31. The van der Waals surface area contributed by atoms with E-state index in [0.717, 1.165) is 18.6 Å². The summed E-state index contributed by atoms with van der Waals surface area (Å²) in [5.74, 6) is 0.645. The van der Waals surface area contributed by atoms with E-state index in [4.69, 9.17) is 16.3 Å². The molecule has 0 aliphatic carbocycles. The molecule has 0 spiro atoms. The van der Waals surface area contributed by atoms with Crippen LogP contribution in [-0.4, -0.2) is 19.1 Å². The number of halogens is 1. The van der Waals surface area contributed by atoms with Gasteiger partial charge in [0.15, 0.2) is 0 Å². The first-order valence-corrected chi connectivity index (χ1v) is 3.65. The fraction of sp³-hybridized carbons (Fsp3) is 0.714. The summed E-state index contributed by atoms with van der Waals surface area (Å²) in [6.45, 7) is 7.15. The predicted octanol–water partition coefficient (Wildman–Crippen LogP) is 2.21. The summed E-state index contributed by atoms with van der Waals surface area (Å²) >= 11 is 5.46. The van der Waals surface area contributed by atoms with Gasteiger partial charge in [0.25, 0.3) is 0 Å². The van der Waals surface area contributed by atoms with Crippen LogP contribution in [0.5, 0.6) is 0 Å². The van der Waals surface area contributed by atoms with E-state index in [1.165, 1.54) is 0 Å². The summed E-state index contributed by atoms with van der Waals surface area (Å²) in [6, 6.07) is 0. The minimum absolute atomic E-state index is 0.645. The lowest BCUT2D eigenvalue weighted by Crippen LogP contribution is -1.96. The molecule has 0 atom stereocenters. The first kappa shape index (κ1) is 8.99. The van der Waals surface area contributed by atoms with Gasteiger partial charge in [-0.05, 0) is 13.3 Å². The smallest absolute Gasteiger partial charge is 0.0674 e. The van der Waals surface area contributed by atoms with Crippen molar-refractivity contribution in [3.63, 3.8) is 0 Å². The average molecular weight is 149 g/mol. The minimum atomic E-state index is 0.645. The van der Waals surface area contributed by atoms with Gasteiger partial charge < -0.3 is 4.74 Å². The van der Waals surface area contributed by atoms with Gasteiger partial charge in [-0.1, -0.05) is 12.2 Å². The number of alkyl halides is 1. The van der Waals surface area contributed by atoms with E-state index >= 15 is 0 Å². The molecule has 9 heavy (non-hydrogen) atoms. The highest BCUT2D eigenvalue weighted by atomic mass is 35.5. The summed E-state index contributed by atoms with van der Waals surface area (Å²) in [5.41, 5.74) is 1.08. The second kappa shape index (κ2) is 6.12. The first-order valence-electron chi connectivity index (χ1n) is 3.11. The molecule has 0 aliphatic rings. The Morgan fingerprint density at radius 3 is 2.78 bits per heavy atom. The van der Waals surface area contributed by atoms with Crippen molar-refractivity contribution in [1.82, 2.24) is 0 Å². The number of ether oxygens (including phenoxy) is 1. The molecule has 0 amide bonds. The molecule has 0 saturated heterocycles. The second-order valence-corrected chi connectivity index (χ2v) is 2.20. The van der Waals surface area contributed by atoms with Crippen LogP contribution in [0.4, 0.5) is 0 Å². The summed E-state index contributed by atoms with van der Waals surface area (Å²) in [7, 11) is 0. The van der Waals surface area contributed by atoms with E-state index in [0.29, 0.717) is 12.5 Å². The van der Waals surface area contributed by atoms with Crippen LogP contribution in [0.3, 0.4) is 0 Å². The highest BCUT2D eigenvalue weighted by molar-refractivity contribution is 6.17. The van der Waals surface area contributed by atoms with Crippen LogP contribution in [0, 0.1) is 0 Å². The Morgan fingerprint density at radius 1 is 1.67 bits per heavy atom. The third kappa shape index (κ3) is 5.87. The zero-order valence-electron chi connectivity index (χ0n) is 5.82. The van der Waals surface area contributed by atoms with Gasteiger partial charge in [0.05, 0.1) is 6.61 Å². The van der Waals surface area contributed by atoms with Crippen LogP contribution >= 0.6 is 11.6 Å². The predicted molar refractivity (Wildman–Crippen MR) is 41.0 cm³/mol. The zero-order chi connectivity index (χ0) is 7.11. The molecule has 0 aliphatic heterocycles. The van der Waals surface area contributed by atoms with Crippen molar-refractivity contribution in [3.05, 3.63) is 12.2 Å². The van der Waals surface area contributed by atoms with E-state index in [2.05, 4.69) is 6.58 Å². The third-order valence-corrected chi connectivity index (χ3v) is 1.15. The maximum absolute atomic E-state index is 5.46. The zero-order valence-corrected chi connectivity index (χ0v) is 6.58. The Bertz CT molecular complexity index is 81.0. The van der Waals surface area contributed by atoms with Crippen LogP contribution in [0.15, 0.2) is 12.2 Å². The molecule has 0 aromatic heterocycles. The SMILES string of the molecule is C=C(CCCl)COCC. The Morgan fingerprint density at radius 2 is 2.33 bits per heavy atom. The Balaban J connectivity index is 3.06. The van der Waals surface area contributed by atoms with Gasteiger partial charge in [0, 0.05) is 12.5 Å². The Labute approximate surface area is 61.7 Å². The molecule has 2 heteroatoms. The summed E-state index contributed by atoms with van der Waals surface area (Å²) in [6.07, 6.45) is 0.863. The third-order valence-electron chi connectivity index (χ3n) is 0.958. The van der Waals surface area contributed by atoms with E-state index in [-0.39, 0.29) is 0 Å². The van der Waals surface area contributed by atoms with Crippen molar-refractivity contribution in [3.8, 4) is 0 Å². The van der Waals surface area contributed by atoms with E-state index in [9.17, 15) is 0 Å². The summed E-state index contributed by atoms with van der Waals surface area (Å²) in [5, 5.41) is 0. The molecule has 0 bridgehead atoms. The van der Waals surface area contributed by atoms with E-state index < -0.39 is 0 Å². The molecule has 0 saturated carbocycles. The maximum atomic E-state index is 5.46. The van der Waals surface area contributed by atoms with Gasteiger partial charge in [0.1, 0.15) is 0 Å². The molecule has 0 heterocycles. The second-order valence-electron chi connectivity index (χ2n) is 1.83. The molecule has 0 aromatic carbocycles. The van der Waals surface area contributed by atoms with Gasteiger partial charge in [-0.25, -0.2) is 0 Å². The lowest BCUT2D eigenvalue weighted by molar-refractivity contribution is 0.169. The fourth-order valence-corrected chi connectivity index (χ4v) is 0.719. The molecule has 1 nitrogen and oxygen atoms in total. The van der Waals surface area contributed by atoms with Crippen LogP contribution in [0.2, 0.25) is 0 Å². The van der Waals surface area contributed by atoms with Crippen molar-refractivity contribution in [2.45, 2.75) is 13.3 Å². The molecule has 0 unspecified atom stereocenters. The number of rotatable bonds is 5. The average Bonchev–Trinajstić information content (AvgIpc) is 1.85. The topological polar surface area (TPSA) is 9.23 Å². The Kier molecular flexibility index (Phi) is 6.11. The van der Waals surface area contributed by atoms with Crippen molar-refractivity contribution in [1.29, 1.82) is 0 Å². The lowest BCUT2D eigenvalue weighted by atomic mass is 10.2. The van der Waals surface area contributed by atoms with E-state index in [1.807, 2.05) is 6.92 Å². The van der Waals surface area contributed by atoms with E-state index in [1.54, 1.807) is 0 Å². The Hall–Kier alpha value is -0.0100. The van der Waals surface area contributed by atoms with Crippen LogP contribution in [0.1, 0.15) is 13.3 Å². The lowest BCUT2D eigenvalue weighted by Gasteiger charge is -2.01. The molecular weight excluding hydrogens is 136 g/mol. The van der Waals surface area contributed by atoms with Gasteiger partial charge in [-0.15, -0.1) is 11.6 Å². The van der Waals surface area contributed by atoms with Gasteiger partial charge in [0.2, 0.25) is 0 Å². The normalized spacial score (nSPS) is 9.56. The minimum Gasteiger partial charge on any atom is -0.377 e. The highest BCUT2D eigenvalue weighted by Crippen LogP contribution is 1.99. The van der Waals surface area contributed by atoms with Crippen molar-refractivity contribution in [2.24, 2.45) is 0 Å². The molecule has 0 radical (unpaired) electrons. The molecule has 0 N–H and O–H groups in total. The molecule has 0 rings (SSSR count). The van der Waals surface area contributed by atoms with Crippen molar-refractivity contribution < 1.29 is 4.74 Å². The number of hydrogen-bond donors (Lipinski definition) is 0. The van der Waals surface area contributed by atoms with Crippen molar-refractivity contribution in [2.75, 3.05) is 19.1 Å². The highest BCUT2D eigenvalue weighted by Gasteiger charge is 1.90. The number of hydrogen-bond acceptors (Lipinski definition) is 1. The van der Waals surface area contributed by atoms with Gasteiger partial charge in [-0.3, -0.25) is 0 Å². The monoisotopic (exact) mass is 148 g/mol. The maximum Gasteiger partial charge on any atom is 0.0674 e. The van der Waals surface area contributed by atoms with Crippen LogP contribution in [0.25, 0.3) is 0 Å². The van der Waals surface area contributed by atoms with Crippen LogP contribution in [-0.2, 0) is 4.74 Å². The largest absolute Gasteiger partial charge is 0.377 e.